The van der Waals surface area contributed by atoms with Gasteiger partial charge >= 0.3 is 0 Å². The van der Waals surface area contributed by atoms with Gasteiger partial charge in [-0.25, -0.2) is 15.0 Å². The van der Waals surface area contributed by atoms with Crippen molar-refractivity contribution in [3.8, 4) is 22.5 Å². The van der Waals surface area contributed by atoms with Crippen molar-refractivity contribution in [2.24, 2.45) is 0 Å². The third-order valence-electron chi connectivity index (χ3n) is 5.06. The van der Waals surface area contributed by atoms with Gasteiger partial charge in [-0.05, 0) is 38.1 Å². The Balaban J connectivity index is 1.82. The maximum atomic E-state index is 12.8. The SMILES string of the molecule is CCN(CC)C(=O)c1cccc(-c2ccc3nc(N)nc(-c4ccccc4)c3n2)c1. The minimum Gasteiger partial charge on any atom is -0.368 e. The molecule has 4 aromatic rings. The lowest BCUT2D eigenvalue weighted by Crippen LogP contribution is -2.30. The number of hydrogen-bond donors (Lipinski definition) is 1. The number of rotatable bonds is 5. The Morgan fingerprint density at radius 3 is 2.33 bits per heavy atom. The van der Waals surface area contributed by atoms with Gasteiger partial charge in [-0.3, -0.25) is 4.79 Å². The lowest BCUT2D eigenvalue weighted by Gasteiger charge is -2.19. The van der Waals surface area contributed by atoms with Gasteiger partial charge in [-0.1, -0.05) is 42.5 Å². The zero-order chi connectivity index (χ0) is 21.1. The van der Waals surface area contributed by atoms with Gasteiger partial charge in [-0.15, -0.1) is 0 Å². The van der Waals surface area contributed by atoms with Crippen molar-refractivity contribution >= 4 is 22.9 Å². The summed E-state index contributed by atoms with van der Waals surface area (Å²) in [5.74, 6) is 0.228. The summed E-state index contributed by atoms with van der Waals surface area (Å²) in [6, 6.07) is 21.1. The number of amides is 1. The number of aromatic nitrogens is 3. The Labute approximate surface area is 175 Å². The molecule has 0 saturated carbocycles. The van der Waals surface area contributed by atoms with Crippen molar-refractivity contribution in [2.45, 2.75) is 13.8 Å². The molecule has 1 amide bonds. The molecule has 2 heterocycles. The molecule has 4 rings (SSSR count). The highest BCUT2D eigenvalue weighted by Crippen LogP contribution is 2.28. The second-order valence-electron chi connectivity index (χ2n) is 6.92. The Morgan fingerprint density at radius 2 is 1.60 bits per heavy atom. The summed E-state index contributed by atoms with van der Waals surface area (Å²) in [7, 11) is 0. The van der Waals surface area contributed by atoms with Gasteiger partial charge in [0.1, 0.15) is 11.2 Å². The molecule has 0 unspecified atom stereocenters. The molecule has 0 fully saturated rings. The summed E-state index contributed by atoms with van der Waals surface area (Å²) < 4.78 is 0. The molecule has 2 N–H and O–H groups in total. The average molecular weight is 397 g/mol. The zero-order valence-corrected chi connectivity index (χ0v) is 17.0. The van der Waals surface area contributed by atoms with Crippen LogP contribution in [0.2, 0.25) is 0 Å². The van der Waals surface area contributed by atoms with E-state index in [-0.39, 0.29) is 11.9 Å². The van der Waals surface area contributed by atoms with Crippen molar-refractivity contribution in [3.05, 3.63) is 72.3 Å². The van der Waals surface area contributed by atoms with E-state index in [0.29, 0.717) is 35.4 Å². The van der Waals surface area contributed by atoms with Crippen molar-refractivity contribution in [1.29, 1.82) is 0 Å². The summed E-state index contributed by atoms with van der Waals surface area (Å²) in [4.78, 5) is 28.2. The van der Waals surface area contributed by atoms with Crippen molar-refractivity contribution < 1.29 is 4.79 Å². The molecule has 2 aromatic carbocycles. The number of pyridine rings is 1. The van der Waals surface area contributed by atoms with Gasteiger partial charge in [0.05, 0.1) is 11.2 Å². The molecule has 0 aliphatic carbocycles. The number of nitrogens with zero attached hydrogens (tertiary/aromatic N) is 4. The van der Waals surface area contributed by atoms with Crippen LogP contribution in [0.1, 0.15) is 24.2 Å². The largest absolute Gasteiger partial charge is 0.368 e. The molecule has 0 radical (unpaired) electrons. The molecule has 0 aliphatic rings. The van der Waals surface area contributed by atoms with Gasteiger partial charge in [0.25, 0.3) is 5.91 Å². The van der Waals surface area contributed by atoms with Crippen molar-refractivity contribution in [2.75, 3.05) is 18.8 Å². The molecule has 0 bridgehead atoms. The van der Waals surface area contributed by atoms with Gasteiger partial charge in [0, 0.05) is 29.8 Å². The van der Waals surface area contributed by atoms with E-state index in [0.717, 1.165) is 16.8 Å². The van der Waals surface area contributed by atoms with Crippen LogP contribution in [-0.4, -0.2) is 38.8 Å². The number of anilines is 1. The van der Waals surface area contributed by atoms with Crippen LogP contribution in [0.25, 0.3) is 33.5 Å². The molecule has 0 aliphatic heterocycles. The maximum Gasteiger partial charge on any atom is 0.253 e. The average Bonchev–Trinajstić information content (AvgIpc) is 2.79. The molecular weight excluding hydrogens is 374 g/mol. The van der Waals surface area contributed by atoms with Crippen LogP contribution >= 0.6 is 0 Å². The highest BCUT2D eigenvalue weighted by molar-refractivity contribution is 5.96. The second kappa shape index (κ2) is 8.29. The standard InChI is InChI=1S/C24H23N5O/c1-3-29(4-2)23(30)18-12-8-11-17(15-18)19-13-14-20-22(26-19)21(28-24(25)27-20)16-9-6-5-7-10-16/h5-15H,3-4H2,1-2H3,(H2,25,27,28). The highest BCUT2D eigenvalue weighted by atomic mass is 16.2. The molecule has 6 nitrogen and oxygen atoms in total. The summed E-state index contributed by atoms with van der Waals surface area (Å²) in [5.41, 5.74) is 11.2. The molecule has 30 heavy (non-hydrogen) atoms. The van der Waals surface area contributed by atoms with E-state index in [2.05, 4.69) is 9.97 Å². The minimum atomic E-state index is 0.0173. The third kappa shape index (κ3) is 3.72. The smallest absolute Gasteiger partial charge is 0.253 e. The van der Waals surface area contributed by atoms with E-state index in [1.165, 1.54) is 0 Å². The third-order valence-corrected chi connectivity index (χ3v) is 5.06. The van der Waals surface area contributed by atoms with Crippen LogP contribution in [0.15, 0.2) is 66.7 Å². The zero-order valence-electron chi connectivity index (χ0n) is 17.0. The first-order chi connectivity index (χ1) is 14.6. The molecule has 0 atom stereocenters. The van der Waals surface area contributed by atoms with E-state index in [1.54, 1.807) is 4.90 Å². The number of carbonyl (C=O) groups is 1. The molecule has 6 heteroatoms. The fourth-order valence-electron chi connectivity index (χ4n) is 3.50. The summed E-state index contributed by atoms with van der Waals surface area (Å²) in [5, 5.41) is 0. The number of hydrogen-bond acceptors (Lipinski definition) is 5. The number of carbonyl (C=O) groups excluding carboxylic acids is 1. The first kappa shape index (κ1) is 19.5. The maximum absolute atomic E-state index is 12.8. The quantitative estimate of drug-likeness (QED) is 0.539. The van der Waals surface area contributed by atoms with Crippen LogP contribution in [0.3, 0.4) is 0 Å². The van der Waals surface area contributed by atoms with Gasteiger partial charge < -0.3 is 10.6 Å². The normalized spacial score (nSPS) is 10.9. The number of fused-ring (bicyclic) bond motifs is 1. The van der Waals surface area contributed by atoms with Crippen LogP contribution in [0.5, 0.6) is 0 Å². The van der Waals surface area contributed by atoms with E-state index >= 15 is 0 Å². The molecule has 0 saturated heterocycles. The van der Waals surface area contributed by atoms with Crippen LogP contribution < -0.4 is 5.73 Å². The second-order valence-corrected chi connectivity index (χ2v) is 6.92. The van der Waals surface area contributed by atoms with Gasteiger partial charge in [0.2, 0.25) is 5.95 Å². The Kier molecular flexibility index (Phi) is 5.39. The van der Waals surface area contributed by atoms with Crippen molar-refractivity contribution in [3.63, 3.8) is 0 Å². The monoisotopic (exact) mass is 397 g/mol. The summed E-state index contributed by atoms with van der Waals surface area (Å²) >= 11 is 0. The first-order valence-corrected chi connectivity index (χ1v) is 10.00. The highest BCUT2D eigenvalue weighted by Gasteiger charge is 2.15. The van der Waals surface area contributed by atoms with Gasteiger partial charge in [-0.2, -0.15) is 0 Å². The Bertz CT molecular complexity index is 1200. The minimum absolute atomic E-state index is 0.0173. The van der Waals surface area contributed by atoms with E-state index < -0.39 is 0 Å². The number of nitrogen functional groups attached to an aromatic ring is 1. The number of benzene rings is 2. The van der Waals surface area contributed by atoms with Crippen molar-refractivity contribution in [1.82, 2.24) is 19.9 Å². The fourth-order valence-corrected chi connectivity index (χ4v) is 3.50. The summed E-state index contributed by atoms with van der Waals surface area (Å²) in [6.45, 7) is 5.31. The van der Waals surface area contributed by atoms with Crippen LogP contribution in [0.4, 0.5) is 5.95 Å². The Hall–Kier alpha value is -3.80. The van der Waals surface area contributed by atoms with Crippen LogP contribution in [0, 0.1) is 0 Å². The predicted octanol–water partition coefficient (Wildman–Crippen LogP) is 4.42. The van der Waals surface area contributed by atoms with E-state index in [9.17, 15) is 4.79 Å². The Morgan fingerprint density at radius 1 is 0.867 bits per heavy atom. The van der Waals surface area contributed by atoms with Crippen LogP contribution in [-0.2, 0) is 0 Å². The van der Waals surface area contributed by atoms with Gasteiger partial charge in [0.15, 0.2) is 0 Å². The molecule has 0 spiro atoms. The molecule has 150 valence electrons. The lowest BCUT2D eigenvalue weighted by atomic mass is 10.1. The number of nitrogens with two attached hydrogens (primary N) is 1. The first-order valence-electron chi connectivity index (χ1n) is 10.00. The molecule has 2 aromatic heterocycles. The topological polar surface area (TPSA) is 85.0 Å². The molecular formula is C24H23N5O. The lowest BCUT2D eigenvalue weighted by molar-refractivity contribution is 0.0773. The van der Waals surface area contributed by atoms with E-state index in [1.807, 2.05) is 80.6 Å². The fraction of sp³-hybridized carbons (Fsp3) is 0.167. The van der Waals surface area contributed by atoms with E-state index in [4.69, 9.17) is 10.7 Å². The summed E-state index contributed by atoms with van der Waals surface area (Å²) in [6.07, 6.45) is 0. The predicted molar refractivity (Wildman–Crippen MR) is 120 cm³/mol.